The fourth-order valence-corrected chi connectivity index (χ4v) is 3.57. The topological polar surface area (TPSA) is 181 Å². The van der Waals surface area contributed by atoms with Crippen molar-refractivity contribution in [3.63, 3.8) is 0 Å². The smallest absolute Gasteiger partial charge is 0.159 e. The lowest BCUT2D eigenvalue weighted by Crippen LogP contribution is -2.27. The molecule has 2 aromatic rings. The van der Waals surface area contributed by atoms with Gasteiger partial charge in [-0.25, -0.2) is 15.0 Å². The Balaban J connectivity index is 2.15. The molecule has 0 fully saturated rings. The first-order chi connectivity index (χ1) is 14.6. The van der Waals surface area contributed by atoms with Gasteiger partial charge in [-0.2, -0.15) is 31.6 Å². The normalized spacial score (nSPS) is 15.4. The van der Waals surface area contributed by atoms with Crippen LogP contribution in [-0.2, 0) is 0 Å². The number of aromatic nitrogens is 2. The molecule has 2 aromatic heterocycles. The minimum absolute atomic E-state index is 0.0236. The molecule has 1 unspecified atom stereocenters. The van der Waals surface area contributed by atoms with E-state index >= 15 is 0 Å². The van der Waals surface area contributed by atoms with Gasteiger partial charge in [0.15, 0.2) is 17.1 Å². The highest BCUT2D eigenvalue weighted by Gasteiger charge is 2.38. The Labute approximate surface area is 169 Å². The second kappa shape index (κ2) is 6.67. The zero-order valence-electron chi connectivity index (χ0n) is 15.0. The molecular weight excluding hydrogens is 378 g/mol. The molecule has 9 nitrogen and oxygen atoms in total. The largest absolute Gasteiger partial charge is 0.238 e. The van der Waals surface area contributed by atoms with Crippen LogP contribution in [0.25, 0.3) is 11.3 Å². The van der Waals surface area contributed by atoms with Gasteiger partial charge in [0, 0.05) is 11.5 Å². The van der Waals surface area contributed by atoms with Gasteiger partial charge in [0.25, 0.3) is 0 Å². The summed E-state index contributed by atoms with van der Waals surface area (Å²) in [6, 6.07) is 14.4. The van der Waals surface area contributed by atoms with Crippen LogP contribution in [0.1, 0.15) is 46.1 Å². The molecule has 0 saturated heterocycles. The summed E-state index contributed by atoms with van der Waals surface area (Å²) in [6.45, 7) is 0. The summed E-state index contributed by atoms with van der Waals surface area (Å²) in [4.78, 5) is 12.9. The van der Waals surface area contributed by atoms with E-state index in [1.807, 2.05) is 36.4 Å². The molecule has 1 atom stereocenters. The van der Waals surface area contributed by atoms with Crippen molar-refractivity contribution in [2.45, 2.75) is 12.3 Å². The maximum absolute atomic E-state index is 9.43. The van der Waals surface area contributed by atoms with Crippen LogP contribution in [0.2, 0.25) is 0 Å². The number of nitriles is 6. The predicted octanol–water partition coefficient (Wildman–Crippen LogP) is 2.22. The lowest BCUT2D eigenvalue weighted by molar-refractivity contribution is 0.835. The molecule has 1 aliphatic carbocycles. The van der Waals surface area contributed by atoms with Crippen LogP contribution in [0.5, 0.6) is 0 Å². The van der Waals surface area contributed by atoms with Crippen molar-refractivity contribution in [1.29, 1.82) is 31.6 Å². The van der Waals surface area contributed by atoms with Crippen LogP contribution in [-0.4, -0.2) is 15.7 Å². The second-order valence-corrected chi connectivity index (χ2v) is 6.35. The van der Waals surface area contributed by atoms with Crippen LogP contribution in [0.3, 0.4) is 0 Å². The molecule has 0 radical (unpaired) electrons. The Morgan fingerprint density at radius 2 is 1.37 bits per heavy atom. The van der Waals surface area contributed by atoms with Crippen LogP contribution in [0.15, 0.2) is 28.4 Å². The quantitative estimate of drug-likeness (QED) is 0.663. The first kappa shape index (κ1) is 18.0. The fraction of sp³-hybridized carbons (Fsp3) is 0.0952. The maximum atomic E-state index is 9.43. The highest BCUT2D eigenvalue weighted by atomic mass is 14.9. The van der Waals surface area contributed by atoms with Crippen molar-refractivity contribution in [2.75, 3.05) is 0 Å². The van der Waals surface area contributed by atoms with E-state index < -0.39 is 5.92 Å². The Kier molecular flexibility index (Phi) is 4.01. The van der Waals surface area contributed by atoms with Gasteiger partial charge in [0.05, 0.1) is 39.9 Å². The summed E-state index contributed by atoms with van der Waals surface area (Å²) in [6.07, 6.45) is 0.132. The molecule has 2 aliphatic rings. The third-order valence-electron chi connectivity index (χ3n) is 4.90. The van der Waals surface area contributed by atoms with E-state index in [0.717, 1.165) is 0 Å². The van der Waals surface area contributed by atoms with Gasteiger partial charge >= 0.3 is 0 Å². The Morgan fingerprint density at radius 3 is 1.93 bits per heavy atom. The molecular formula is C21H5N9. The molecule has 0 saturated carbocycles. The molecule has 0 bridgehead atoms. The number of hydrogen-bond donors (Lipinski definition) is 0. The minimum Gasteiger partial charge on any atom is -0.238 e. The Bertz CT molecular complexity index is 1480. The van der Waals surface area contributed by atoms with Gasteiger partial charge in [-0.05, 0) is 24.1 Å². The predicted molar refractivity (Wildman–Crippen MR) is 98.5 cm³/mol. The van der Waals surface area contributed by atoms with E-state index in [4.69, 9.17) is 0 Å². The maximum Gasteiger partial charge on any atom is 0.159 e. The fourth-order valence-electron chi connectivity index (χ4n) is 3.57. The molecule has 1 aliphatic heterocycles. The average molecular weight is 383 g/mol. The van der Waals surface area contributed by atoms with Crippen LogP contribution >= 0.6 is 0 Å². The number of fused-ring (bicyclic) bond motifs is 6. The Hall–Kier alpha value is -5.35. The van der Waals surface area contributed by atoms with Crippen molar-refractivity contribution < 1.29 is 0 Å². The highest BCUT2D eigenvalue weighted by molar-refractivity contribution is 6.13. The van der Waals surface area contributed by atoms with Crippen LogP contribution in [0, 0.1) is 68.0 Å². The second-order valence-electron chi connectivity index (χ2n) is 6.35. The lowest BCUT2D eigenvalue weighted by Gasteiger charge is -2.30. The summed E-state index contributed by atoms with van der Waals surface area (Å²) in [5, 5.41) is 56.3. The van der Waals surface area contributed by atoms with Gasteiger partial charge in [-0.3, -0.25) is 0 Å². The van der Waals surface area contributed by atoms with E-state index in [1.165, 1.54) is 12.1 Å². The summed E-state index contributed by atoms with van der Waals surface area (Å²) in [7, 11) is 0. The van der Waals surface area contributed by atoms with E-state index in [2.05, 4.69) is 15.0 Å². The standard InChI is InChI=1S/C21H5N9/c22-4-10-1-13-14-2-11(5-23)17(8-26)29-20(14)21-15(19(13)28-16(10)7-25)3-12(6-24)18(9-27)30-21/h1,3,14H,2H2. The van der Waals surface area contributed by atoms with E-state index in [0.29, 0.717) is 22.5 Å². The zero-order valence-corrected chi connectivity index (χ0v) is 15.0. The number of pyridine rings is 2. The summed E-state index contributed by atoms with van der Waals surface area (Å²) in [5.74, 6) is -0.543. The average Bonchev–Trinajstić information content (AvgIpc) is 2.81. The number of nitrogens with zero attached hydrogens (tertiary/aromatic N) is 9. The lowest BCUT2D eigenvalue weighted by atomic mass is 9.76. The third-order valence-corrected chi connectivity index (χ3v) is 4.90. The summed E-state index contributed by atoms with van der Waals surface area (Å²) >= 11 is 0. The highest BCUT2D eigenvalue weighted by Crippen LogP contribution is 2.44. The monoisotopic (exact) mass is 383 g/mol. The molecule has 134 valence electrons. The molecule has 3 heterocycles. The number of hydrogen-bond acceptors (Lipinski definition) is 9. The van der Waals surface area contributed by atoms with E-state index in [9.17, 15) is 31.6 Å². The van der Waals surface area contributed by atoms with Crippen molar-refractivity contribution in [1.82, 2.24) is 9.97 Å². The van der Waals surface area contributed by atoms with Crippen molar-refractivity contribution in [2.24, 2.45) is 4.99 Å². The van der Waals surface area contributed by atoms with Gasteiger partial charge < -0.3 is 0 Å². The summed E-state index contributed by atoms with van der Waals surface area (Å²) in [5.41, 5.74) is 1.87. The molecule has 0 spiro atoms. The van der Waals surface area contributed by atoms with Gasteiger partial charge in [0.2, 0.25) is 0 Å². The van der Waals surface area contributed by atoms with Crippen LogP contribution < -0.4 is 0 Å². The molecule has 4 rings (SSSR count). The molecule has 0 aromatic carbocycles. The third kappa shape index (κ3) is 2.39. The number of rotatable bonds is 0. The van der Waals surface area contributed by atoms with Gasteiger partial charge in [0.1, 0.15) is 30.3 Å². The first-order valence-corrected chi connectivity index (χ1v) is 8.43. The SMILES string of the molecule is N#CC1=C(C#N)N=C2c3nc(C#N)c(C#N)cc3-c3nc(C#N)c(C#N)cc3C2C1. The number of aliphatic imine (C=N–C) groups is 1. The zero-order chi connectivity index (χ0) is 21.4. The number of allylic oxidation sites excluding steroid dienone is 2. The molecule has 0 amide bonds. The Morgan fingerprint density at radius 1 is 0.733 bits per heavy atom. The molecule has 30 heavy (non-hydrogen) atoms. The van der Waals surface area contributed by atoms with Crippen molar-refractivity contribution >= 4 is 5.71 Å². The van der Waals surface area contributed by atoms with Gasteiger partial charge in [-0.1, -0.05) is 0 Å². The summed E-state index contributed by atoms with van der Waals surface area (Å²) < 4.78 is 0. The van der Waals surface area contributed by atoms with Gasteiger partial charge in [-0.15, -0.1) is 0 Å². The first-order valence-electron chi connectivity index (χ1n) is 8.43. The van der Waals surface area contributed by atoms with Crippen molar-refractivity contribution in [3.05, 3.63) is 57.2 Å². The minimum atomic E-state index is -0.543. The van der Waals surface area contributed by atoms with E-state index in [1.54, 1.807) is 0 Å². The van der Waals surface area contributed by atoms with Crippen molar-refractivity contribution in [3.8, 4) is 47.7 Å². The van der Waals surface area contributed by atoms with Crippen LogP contribution in [0.4, 0.5) is 0 Å². The van der Waals surface area contributed by atoms with E-state index in [-0.39, 0.29) is 45.9 Å². The molecule has 0 N–H and O–H groups in total. The molecule has 9 heteroatoms.